The summed E-state index contributed by atoms with van der Waals surface area (Å²) in [6, 6.07) is 6.17. The Hall–Kier alpha value is -1.06. The molecule has 3 nitrogen and oxygen atoms in total. The maximum absolute atomic E-state index is 5.87. The van der Waals surface area contributed by atoms with Gasteiger partial charge in [0.2, 0.25) is 0 Å². The van der Waals surface area contributed by atoms with Crippen molar-refractivity contribution in [2.45, 2.75) is 33.0 Å². The van der Waals surface area contributed by atoms with Gasteiger partial charge in [-0.25, -0.2) is 0 Å². The minimum absolute atomic E-state index is 0.110. The zero-order valence-electron chi connectivity index (χ0n) is 10.8. The second-order valence-electron chi connectivity index (χ2n) is 4.72. The van der Waals surface area contributed by atoms with Gasteiger partial charge in [0.1, 0.15) is 5.75 Å². The average Bonchev–Trinajstić information content (AvgIpc) is 2.29. The van der Waals surface area contributed by atoms with Crippen molar-refractivity contribution in [3.8, 4) is 5.75 Å². The molecule has 3 heteroatoms. The van der Waals surface area contributed by atoms with Crippen LogP contribution in [0.1, 0.15) is 31.1 Å². The molecule has 0 amide bonds. The largest absolute Gasteiger partial charge is 0.491 e. The van der Waals surface area contributed by atoms with Crippen LogP contribution in [0.25, 0.3) is 0 Å². The topological polar surface area (TPSA) is 30.5 Å². The van der Waals surface area contributed by atoms with E-state index in [0.29, 0.717) is 0 Å². The maximum Gasteiger partial charge on any atom is 0.125 e. The quantitative estimate of drug-likeness (QED) is 0.873. The third kappa shape index (κ3) is 2.99. The van der Waals surface area contributed by atoms with E-state index in [1.165, 1.54) is 11.1 Å². The van der Waals surface area contributed by atoms with Crippen LogP contribution in [0.15, 0.2) is 18.2 Å². The van der Waals surface area contributed by atoms with Gasteiger partial charge in [-0.2, -0.15) is 0 Å². The van der Waals surface area contributed by atoms with Crippen LogP contribution in [-0.4, -0.2) is 25.8 Å². The molecule has 1 unspecified atom stereocenters. The molecule has 1 heterocycles. The van der Waals surface area contributed by atoms with Crippen LogP contribution >= 0.6 is 0 Å². The Morgan fingerprint density at radius 1 is 1.41 bits per heavy atom. The predicted octanol–water partition coefficient (Wildman–Crippen LogP) is 2.44. The average molecular weight is 235 g/mol. The number of hydrogen-bond acceptors (Lipinski definition) is 3. The molecule has 1 fully saturated rings. The van der Waals surface area contributed by atoms with E-state index in [4.69, 9.17) is 9.47 Å². The lowest BCUT2D eigenvalue weighted by Gasteiger charge is -2.27. The molecule has 94 valence electrons. The Bertz CT molecular complexity index is 370. The van der Waals surface area contributed by atoms with Gasteiger partial charge in [0.15, 0.2) is 0 Å². The molecule has 1 N–H and O–H groups in total. The molecule has 1 saturated heterocycles. The highest BCUT2D eigenvalue weighted by atomic mass is 16.5. The first-order valence-electron chi connectivity index (χ1n) is 6.27. The summed E-state index contributed by atoms with van der Waals surface area (Å²) in [5.74, 6) is 0.953. The van der Waals surface area contributed by atoms with E-state index in [2.05, 4.69) is 18.3 Å². The summed E-state index contributed by atoms with van der Waals surface area (Å²) < 4.78 is 11.7. The second kappa shape index (κ2) is 5.52. The van der Waals surface area contributed by atoms with Gasteiger partial charge in [-0.15, -0.1) is 0 Å². The highest BCUT2D eigenvalue weighted by molar-refractivity contribution is 5.41. The molecule has 1 aliphatic rings. The molecule has 0 bridgehead atoms. The fourth-order valence-corrected chi connectivity index (χ4v) is 2.17. The van der Waals surface area contributed by atoms with Crippen LogP contribution in [0.4, 0.5) is 0 Å². The molecular weight excluding hydrogens is 214 g/mol. The van der Waals surface area contributed by atoms with Crippen molar-refractivity contribution in [3.05, 3.63) is 29.3 Å². The van der Waals surface area contributed by atoms with Crippen LogP contribution in [0.5, 0.6) is 5.75 Å². The van der Waals surface area contributed by atoms with E-state index >= 15 is 0 Å². The minimum atomic E-state index is 0.110. The molecule has 2 rings (SSSR count). The summed E-state index contributed by atoms with van der Waals surface area (Å²) in [4.78, 5) is 0. The Balaban J connectivity index is 2.28. The van der Waals surface area contributed by atoms with Crippen molar-refractivity contribution >= 4 is 0 Å². The summed E-state index contributed by atoms with van der Waals surface area (Å²) in [7, 11) is 0. The fraction of sp³-hybridized carbons (Fsp3) is 0.571. The fourth-order valence-electron chi connectivity index (χ4n) is 2.17. The van der Waals surface area contributed by atoms with Gasteiger partial charge in [0.25, 0.3) is 0 Å². The molecule has 17 heavy (non-hydrogen) atoms. The lowest BCUT2D eigenvalue weighted by molar-refractivity contribution is 0.0249. The maximum atomic E-state index is 5.87. The van der Waals surface area contributed by atoms with Gasteiger partial charge < -0.3 is 14.8 Å². The van der Waals surface area contributed by atoms with Crippen molar-refractivity contribution in [2.24, 2.45) is 0 Å². The molecule has 1 aliphatic heterocycles. The number of rotatable bonds is 3. The highest BCUT2D eigenvalue weighted by Gasteiger charge is 2.21. The molecule has 0 aliphatic carbocycles. The first-order chi connectivity index (χ1) is 8.18. The Morgan fingerprint density at radius 2 is 2.24 bits per heavy atom. The van der Waals surface area contributed by atoms with Crippen LogP contribution in [0, 0.1) is 6.92 Å². The predicted molar refractivity (Wildman–Crippen MR) is 68.5 cm³/mol. The lowest BCUT2D eigenvalue weighted by Crippen LogP contribution is -2.34. The second-order valence-corrected chi connectivity index (χ2v) is 4.72. The Kier molecular flexibility index (Phi) is 4.02. The summed E-state index contributed by atoms with van der Waals surface area (Å²) in [5, 5.41) is 3.36. The lowest BCUT2D eigenvalue weighted by atomic mass is 10.0. The van der Waals surface area contributed by atoms with E-state index in [9.17, 15) is 0 Å². The van der Waals surface area contributed by atoms with E-state index in [1.807, 2.05) is 26.0 Å². The third-order valence-corrected chi connectivity index (χ3v) is 2.90. The van der Waals surface area contributed by atoms with Crippen LogP contribution in [0.2, 0.25) is 0 Å². The van der Waals surface area contributed by atoms with Gasteiger partial charge in [0.05, 0.1) is 18.8 Å². The number of aryl methyl sites for hydroxylation is 1. The SMILES string of the molecule is Cc1cccc(OC(C)C)c1C1CNCCO1. The standard InChI is InChI=1S/C14H21NO2/c1-10(2)17-12-6-4-5-11(3)14(12)13-9-15-7-8-16-13/h4-6,10,13,15H,7-9H2,1-3H3. The molecule has 1 aromatic rings. The number of ether oxygens (including phenoxy) is 2. The van der Waals surface area contributed by atoms with Crippen molar-refractivity contribution in [1.82, 2.24) is 5.32 Å². The summed E-state index contributed by atoms with van der Waals surface area (Å²) in [6.07, 6.45) is 0.297. The highest BCUT2D eigenvalue weighted by Crippen LogP contribution is 2.32. The first kappa shape index (κ1) is 12.4. The van der Waals surface area contributed by atoms with E-state index < -0.39 is 0 Å². The molecule has 0 radical (unpaired) electrons. The first-order valence-corrected chi connectivity index (χ1v) is 6.27. The third-order valence-electron chi connectivity index (χ3n) is 2.90. The van der Waals surface area contributed by atoms with Crippen molar-refractivity contribution in [3.63, 3.8) is 0 Å². The number of morpholine rings is 1. The van der Waals surface area contributed by atoms with Crippen molar-refractivity contribution in [2.75, 3.05) is 19.7 Å². The van der Waals surface area contributed by atoms with E-state index in [1.54, 1.807) is 0 Å². The summed E-state index contributed by atoms with van der Waals surface area (Å²) in [5.41, 5.74) is 2.42. The number of hydrogen-bond donors (Lipinski definition) is 1. The van der Waals surface area contributed by atoms with Gasteiger partial charge in [-0.1, -0.05) is 12.1 Å². The normalized spacial score (nSPS) is 20.6. The molecule has 1 aromatic carbocycles. The number of nitrogens with one attached hydrogen (secondary N) is 1. The van der Waals surface area contributed by atoms with Gasteiger partial charge in [0, 0.05) is 18.7 Å². The smallest absolute Gasteiger partial charge is 0.125 e. The molecule has 0 aromatic heterocycles. The van der Waals surface area contributed by atoms with E-state index in [-0.39, 0.29) is 12.2 Å². The number of benzene rings is 1. The molecule has 0 saturated carbocycles. The Morgan fingerprint density at radius 3 is 2.88 bits per heavy atom. The summed E-state index contributed by atoms with van der Waals surface area (Å²) in [6.45, 7) is 8.76. The van der Waals surface area contributed by atoms with Gasteiger partial charge >= 0.3 is 0 Å². The summed E-state index contributed by atoms with van der Waals surface area (Å²) >= 11 is 0. The zero-order valence-corrected chi connectivity index (χ0v) is 10.8. The van der Waals surface area contributed by atoms with Gasteiger partial charge in [-0.05, 0) is 32.4 Å². The molecule has 1 atom stereocenters. The van der Waals surface area contributed by atoms with Crippen molar-refractivity contribution in [1.29, 1.82) is 0 Å². The van der Waals surface area contributed by atoms with Crippen LogP contribution < -0.4 is 10.1 Å². The molecule has 0 spiro atoms. The zero-order chi connectivity index (χ0) is 12.3. The van der Waals surface area contributed by atoms with Crippen LogP contribution in [0.3, 0.4) is 0 Å². The molecular formula is C14H21NO2. The van der Waals surface area contributed by atoms with E-state index in [0.717, 1.165) is 25.4 Å². The van der Waals surface area contributed by atoms with Gasteiger partial charge in [-0.3, -0.25) is 0 Å². The van der Waals surface area contributed by atoms with Crippen LogP contribution in [-0.2, 0) is 4.74 Å². The Labute approximate surface area is 103 Å². The minimum Gasteiger partial charge on any atom is -0.491 e. The monoisotopic (exact) mass is 235 g/mol. The van der Waals surface area contributed by atoms with Crippen molar-refractivity contribution < 1.29 is 9.47 Å².